The smallest absolute Gasteiger partial charge is 0.332 e. The highest BCUT2D eigenvalue weighted by molar-refractivity contribution is 7.92. The normalized spacial score (nSPS) is 20.6. The molecule has 11 heteroatoms. The van der Waals surface area contributed by atoms with Gasteiger partial charge in [0.1, 0.15) is 11.4 Å². The third-order valence-electron chi connectivity index (χ3n) is 8.20. The van der Waals surface area contributed by atoms with Crippen molar-refractivity contribution in [1.82, 2.24) is 9.88 Å². The lowest BCUT2D eigenvalue weighted by molar-refractivity contribution is -0.123. The fourth-order valence-corrected chi connectivity index (χ4v) is 6.59. The minimum absolute atomic E-state index is 0.0100. The van der Waals surface area contributed by atoms with Gasteiger partial charge >= 0.3 is 6.03 Å². The second-order valence-corrected chi connectivity index (χ2v) is 13.1. The molecule has 1 atom stereocenters. The average Bonchev–Trinajstić information content (AvgIpc) is 3.29. The Balaban J connectivity index is 1.43. The summed E-state index contributed by atoms with van der Waals surface area (Å²) in [6, 6.07) is 8.58. The zero-order valence-electron chi connectivity index (χ0n) is 22.5. The number of hydrogen-bond acceptors (Lipinski definition) is 7. The number of fused-ring (bicyclic) bond motifs is 2. The van der Waals surface area contributed by atoms with E-state index in [0.717, 1.165) is 30.4 Å². The van der Waals surface area contributed by atoms with Crippen molar-refractivity contribution < 1.29 is 22.7 Å². The SMILES string of the molecule is CO[C@H](C)CNc1cc(CN2C(=O)N(c3ccc4c(c3)N(S(C)(=O)=O)CC43CCC3)C(=O)C2(C)C)ccn1. The first-order valence-electron chi connectivity index (χ1n) is 12.9. The van der Waals surface area contributed by atoms with Gasteiger partial charge < -0.3 is 15.0 Å². The van der Waals surface area contributed by atoms with Gasteiger partial charge in [-0.1, -0.05) is 12.5 Å². The molecule has 1 aliphatic carbocycles. The predicted octanol–water partition coefficient (Wildman–Crippen LogP) is 3.48. The quantitative estimate of drug-likeness (QED) is 0.509. The highest BCUT2D eigenvalue weighted by atomic mass is 32.2. The van der Waals surface area contributed by atoms with Crippen molar-refractivity contribution >= 4 is 39.2 Å². The molecule has 1 N–H and O–H groups in total. The van der Waals surface area contributed by atoms with Crippen LogP contribution in [0.5, 0.6) is 0 Å². The summed E-state index contributed by atoms with van der Waals surface area (Å²) in [6.07, 6.45) is 5.80. The van der Waals surface area contributed by atoms with Crippen molar-refractivity contribution in [3.05, 3.63) is 47.7 Å². The molecule has 2 aliphatic heterocycles. The number of hydrogen-bond donors (Lipinski definition) is 1. The number of methoxy groups -OCH3 is 1. The molecule has 38 heavy (non-hydrogen) atoms. The molecule has 3 aliphatic rings. The first-order chi connectivity index (χ1) is 17.9. The summed E-state index contributed by atoms with van der Waals surface area (Å²) in [5.74, 6) is 0.300. The number of nitrogens with one attached hydrogen (secondary N) is 1. The summed E-state index contributed by atoms with van der Waals surface area (Å²) in [7, 11) is -1.86. The Kier molecular flexibility index (Phi) is 6.42. The van der Waals surface area contributed by atoms with Gasteiger partial charge in [0, 0.05) is 38.4 Å². The first kappa shape index (κ1) is 26.4. The van der Waals surface area contributed by atoms with Gasteiger partial charge in [-0.15, -0.1) is 0 Å². The second kappa shape index (κ2) is 9.23. The zero-order valence-corrected chi connectivity index (χ0v) is 23.3. The van der Waals surface area contributed by atoms with Crippen LogP contribution in [-0.2, 0) is 31.5 Å². The molecule has 3 heterocycles. The van der Waals surface area contributed by atoms with Crippen LogP contribution in [0.1, 0.15) is 51.2 Å². The number of aromatic nitrogens is 1. The van der Waals surface area contributed by atoms with Crippen LogP contribution in [0, 0.1) is 0 Å². The molecule has 3 amide bonds. The number of rotatable bonds is 8. The summed E-state index contributed by atoms with van der Waals surface area (Å²) in [5.41, 5.74) is 1.49. The van der Waals surface area contributed by atoms with Gasteiger partial charge in [-0.2, -0.15) is 0 Å². The zero-order chi connectivity index (χ0) is 27.5. The molecule has 2 fully saturated rings. The number of urea groups is 1. The first-order valence-corrected chi connectivity index (χ1v) is 14.7. The maximum Gasteiger partial charge on any atom is 0.332 e. The van der Waals surface area contributed by atoms with E-state index in [0.29, 0.717) is 30.3 Å². The van der Waals surface area contributed by atoms with Crippen LogP contribution in [-0.4, -0.2) is 68.3 Å². The molecule has 5 rings (SSSR count). The number of carbonyl (C=O) groups excluding carboxylic acids is 2. The lowest BCUT2D eigenvalue weighted by atomic mass is 9.66. The largest absolute Gasteiger partial charge is 0.380 e. The lowest BCUT2D eigenvalue weighted by Gasteiger charge is -2.38. The Morgan fingerprint density at radius 3 is 2.53 bits per heavy atom. The van der Waals surface area contributed by atoms with Crippen LogP contribution < -0.4 is 14.5 Å². The topological polar surface area (TPSA) is 112 Å². The van der Waals surface area contributed by atoms with E-state index < -0.39 is 21.6 Å². The Morgan fingerprint density at radius 1 is 1.16 bits per heavy atom. The number of nitrogens with zero attached hydrogens (tertiary/aromatic N) is 4. The molecular weight excluding hydrogens is 506 g/mol. The molecule has 10 nitrogen and oxygen atoms in total. The van der Waals surface area contributed by atoms with Crippen LogP contribution in [0.3, 0.4) is 0 Å². The molecule has 0 radical (unpaired) electrons. The minimum atomic E-state index is -3.51. The second-order valence-electron chi connectivity index (χ2n) is 11.1. The Bertz CT molecular complexity index is 1390. The molecule has 2 aromatic rings. The number of anilines is 3. The fraction of sp³-hybridized carbons (Fsp3) is 0.519. The van der Waals surface area contributed by atoms with Crippen molar-refractivity contribution in [2.24, 2.45) is 0 Å². The highest BCUT2D eigenvalue weighted by Crippen LogP contribution is 2.54. The van der Waals surface area contributed by atoms with Gasteiger partial charge in [-0.3, -0.25) is 9.10 Å². The lowest BCUT2D eigenvalue weighted by Crippen LogP contribution is -2.43. The summed E-state index contributed by atoms with van der Waals surface area (Å²) in [4.78, 5) is 34.3. The average molecular weight is 542 g/mol. The van der Waals surface area contributed by atoms with Crippen molar-refractivity contribution in [1.29, 1.82) is 0 Å². The number of sulfonamides is 1. The van der Waals surface area contributed by atoms with Crippen molar-refractivity contribution in [3.63, 3.8) is 0 Å². The number of benzene rings is 1. The fourth-order valence-electron chi connectivity index (χ4n) is 5.60. The Labute approximate surface area is 224 Å². The Morgan fingerprint density at radius 2 is 1.89 bits per heavy atom. The van der Waals surface area contributed by atoms with Gasteiger partial charge in [0.25, 0.3) is 5.91 Å². The maximum atomic E-state index is 13.7. The molecule has 1 saturated heterocycles. The van der Waals surface area contributed by atoms with Gasteiger partial charge in [0.05, 0.1) is 23.7 Å². The number of carbonyl (C=O) groups is 2. The van der Waals surface area contributed by atoms with E-state index in [2.05, 4.69) is 10.3 Å². The number of pyridine rings is 1. The van der Waals surface area contributed by atoms with Gasteiger partial charge in [-0.25, -0.2) is 23.1 Å². The molecule has 0 bridgehead atoms. The maximum absolute atomic E-state index is 13.7. The van der Waals surface area contributed by atoms with Crippen LogP contribution in [0.2, 0.25) is 0 Å². The minimum Gasteiger partial charge on any atom is -0.380 e. The number of amides is 3. The van der Waals surface area contributed by atoms with Crippen molar-refractivity contribution in [2.75, 3.05) is 41.0 Å². The molecule has 1 saturated carbocycles. The summed E-state index contributed by atoms with van der Waals surface area (Å²) in [6.45, 7) is 6.61. The van der Waals surface area contributed by atoms with Crippen LogP contribution in [0.4, 0.5) is 22.0 Å². The molecule has 1 spiro atoms. The van der Waals surface area contributed by atoms with Crippen molar-refractivity contribution in [3.8, 4) is 0 Å². The highest BCUT2D eigenvalue weighted by Gasteiger charge is 2.53. The summed E-state index contributed by atoms with van der Waals surface area (Å²) >= 11 is 0. The summed E-state index contributed by atoms with van der Waals surface area (Å²) < 4.78 is 31.9. The van der Waals surface area contributed by atoms with E-state index >= 15 is 0 Å². The number of ether oxygens (including phenoxy) is 1. The summed E-state index contributed by atoms with van der Waals surface area (Å²) in [5, 5.41) is 3.22. The molecular formula is C27H35N5O5S. The molecule has 204 valence electrons. The predicted molar refractivity (Wildman–Crippen MR) is 146 cm³/mol. The third kappa shape index (κ3) is 4.31. The van der Waals surface area contributed by atoms with Crippen molar-refractivity contribution in [2.45, 2.75) is 63.6 Å². The van der Waals surface area contributed by atoms with Gasteiger partial charge in [0.15, 0.2) is 0 Å². The van der Waals surface area contributed by atoms with E-state index in [9.17, 15) is 18.0 Å². The van der Waals surface area contributed by atoms with Crippen LogP contribution in [0.25, 0.3) is 0 Å². The van der Waals surface area contributed by atoms with Crippen LogP contribution >= 0.6 is 0 Å². The van der Waals surface area contributed by atoms with Gasteiger partial charge in [0.2, 0.25) is 10.0 Å². The van der Waals surface area contributed by atoms with Gasteiger partial charge in [-0.05, 0) is 69.0 Å². The third-order valence-corrected chi connectivity index (χ3v) is 9.32. The molecule has 1 aromatic heterocycles. The monoisotopic (exact) mass is 541 g/mol. The van der Waals surface area contributed by atoms with E-state index in [1.165, 1.54) is 15.5 Å². The van der Waals surface area contributed by atoms with E-state index in [1.54, 1.807) is 44.2 Å². The Hall–Kier alpha value is -3.18. The van der Waals surface area contributed by atoms with E-state index in [1.807, 2.05) is 25.1 Å². The van der Waals surface area contributed by atoms with E-state index in [4.69, 9.17) is 4.74 Å². The van der Waals surface area contributed by atoms with Crippen LogP contribution in [0.15, 0.2) is 36.5 Å². The molecule has 0 unspecified atom stereocenters. The number of imide groups is 1. The van der Waals surface area contributed by atoms with E-state index in [-0.39, 0.29) is 24.0 Å². The standard InChI is InChI=1S/C27H35N5O5S/c1-18(37-4)15-29-23-13-19(9-12-28-23)16-30-25(34)32(24(33)26(30,2)3)20-7-8-21-22(14-20)31(38(5,35)36)17-27(21)10-6-11-27/h7-9,12-14,18H,6,10-11,15-17H2,1-5H3,(H,28,29)/t18-/m1/s1. The molecule has 1 aromatic carbocycles.